The molecular weight excluding hydrogens is 226 g/mol. The summed E-state index contributed by atoms with van der Waals surface area (Å²) in [6.07, 6.45) is 0.588. The Morgan fingerprint density at radius 1 is 1.33 bits per heavy atom. The van der Waals surface area contributed by atoms with E-state index in [1.165, 1.54) is 5.69 Å². The van der Waals surface area contributed by atoms with E-state index in [1.807, 2.05) is 18.2 Å². The zero-order valence-electron chi connectivity index (χ0n) is 10.7. The molecule has 1 saturated heterocycles. The van der Waals surface area contributed by atoms with Crippen molar-refractivity contribution < 1.29 is 4.79 Å². The normalized spacial score (nSPS) is 23.9. The highest BCUT2D eigenvalue weighted by molar-refractivity contribution is 5.96. The number of amides is 1. The fraction of sp³-hybridized carbons (Fsp3) is 0.500. The standard InChI is InChI=1S/C14H19N3O/c1-2-16-7-8-17-11(10-16)9-14(18)15-12-5-3-4-6-13(12)17/h3-6,11H,2,7-10H2,1H3,(H,15,18). The second-order valence-corrected chi connectivity index (χ2v) is 5.01. The molecule has 0 spiro atoms. The van der Waals surface area contributed by atoms with Crippen LogP contribution in [0.25, 0.3) is 0 Å². The third-order valence-electron chi connectivity index (χ3n) is 3.92. The van der Waals surface area contributed by atoms with Crippen LogP contribution in [0.15, 0.2) is 24.3 Å². The number of nitrogens with zero attached hydrogens (tertiary/aromatic N) is 2. The maximum atomic E-state index is 11.9. The van der Waals surface area contributed by atoms with Crippen LogP contribution in [-0.4, -0.2) is 43.0 Å². The van der Waals surface area contributed by atoms with E-state index in [9.17, 15) is 4.79 Å². The van der Waals surface area contributed by atoms with Crippen molar-refractivity contribution in [2.24, 2.45) is 0 Å². The Balaban J connectivity index is 1.94. The van der Waals surface area contributed by atoms with E-state index in [1.54, 1.807) is 0 Å². The second kappa shape index (κ2) is 4.61. The zero-order chi connectivity index (χ0) is 12.5. The smallest absolute Gasteiger partial charge is 0.226 e. The summed E-state index contributed by atoms with van der Waals surface area (Å²) in [6, 6.07) is 8.42. The maximum Gasteiger partial charge on any atom is 0.226 e. The van der Waals surface area contributed by atoms with Crippen molar-refractivity contribution in [3.8, 4) is 0 Å². The Kier molecular flexibility index (Phi) is 2.96. The van der Waals surface area contributed by atoms with Crippen LogP contribution in [0.4, 0.5) is 11.4 Å². The van der Waals surface area contributed by atoms with Crippen LogP contribution in [0.3, 0.4) is 0 Å². The largest absolute Gasteiger partial charge is 0.364 e. The van der Waals surface area contributed by atoms with Gasteiger partial charge in [-0.25, -0.2) is 0 Å². The number of fused-ring (bicyclic) bond motifs is 3. The van der Waals surface area contributed by atoms with Crippen molar-refractivity contribution in [1.82, 2.24) is 4.90 Å². The molecule has 1 N–H and O–H groups in total. The van der Waals surface area contributed by atoms with Gasteiger partial charge in [-0.1, -0.05) is 19.1 Å². The van der Waals surface area contributed by atoms with Crippen LogP contribution in [0.2, 0.25) is 0 Å². The second-order valence-electron chi connectivity index (χ2n) is 5.01. The van der Waals surface area contributed by atoms with Gasteiger partial charge in [0, 0.05) is 26.1 Å². The van der Waals surface area contributed by atoms with Gasteiger partial charge in [0.15, 0.2) is 0 Å². The number of hydrogen-bond acceptors (Lipinski definition) is 3. The van der Waals surface area contributed by atoms with Crippen LogP contribution < -0.4 is 10.2 Å². The molecule has 0 aromatic heterocycles. The van der Waals surface area contributed by atoms with Crippen LogP contribution in [0.1, 0.15) is 13.3 Å². The maximum absolute atomic E-state index is 11.9. The zero-order valence-corrected chi connectivity index (χ0v) is 10.7. The van der Waals surface area contributed by atoms with Gasteiger partial charge in [-0.3, -0.25) is 9.69 Å². The molecule has 1 unspecified atom stereocenters. The van der Waals surface area contributed by atoms with Crippen LogP contribution in [0, 0.1) is 0 Å². The van der Waals surface area contributed by atoms with E-state index in [0.29, 0.717) is 12.5 Å². The molecule has 2 heterocycles. The molecule has 0 aliphatic carbocycles. The van der Waals surface area contributed by atoms with Crippen molar-refractivity contribution in [3.63, 3.8) is 0 Å². The molecule has 96 valence electrons. The minimum atomic E-state index is 0.132. The minimum absolute atomic E-state index is 0.132. The summed E-state index contributed by atoms with van der Waals surface area (Å²) >= 11 is 0. The number of benzene rings is 1. The van der Waals surface area contributed by atoms with Crippen molar-refractivity contribution in [2.45, 2.75) is 19.4 Å². The van der Waals surface area contributed by atoms with E-state index < -0.39 is 0 Å². The lowest BCUT2D eigenvalue weighted by Crippen LogP contribution is -2.53. The SMILES string of the molecule is CCN1CCN2c3ccccc3NC(=O)CC2C1. The summed E-state index contributed by atoms with van der Waals surface area (Å²) in [6.45, 7) is 6.31. The monoisotopic (exact) mass is 245 g/mol. The highest BCUT2D eigenvalue weighted by Crippen LogP contribution is 2.32. The molecule has 0 radical (unpaired) electrons. The molecular formula is C14H19N3O. The summed E-state index contributed by atoms with van der Waals surface area (Å²) in [7, 11) is 0. The molecule has 4 heteroatoms. The predicted octanol–water partition coefficient (Wildman–Crippen LogP) is 1.54. The Hall–Kier alpha value is -1.55. The summed E-state index contributed by atoms with van der Waals surface area (Å²) in [4.78, 5) is 16.7. The summed E-state index contributed by atoms with van der Waals surface area (Å²) in [5.74, 6) is 0.132. The topological polar surface area (TPSA) is 35.6 Å². The Morgan fingerprint density at radius 3 is 3.00 bits per heavy atom. The average Bonchev–Trinajstić information content (AvgIpc) is 2.53. The number of rotatable bonds is 1. The van der Waals surface area contributed by atoms with Crippen LogP contribution >= 0.6 is 0 Å². The van der Waals surface area contributed by atoms with E-state index in [-0.39, 0.29) is 5.91 Å². The number of hydrogen-bond donors (Lipinski definition) is 1. The van der Waals surface area contributed by atoms with Crippen molar-refractivity contribution in [1.29, 1.82) is 0 Å². The lowest BCUT2D eigenvalue weighted by molar-refractivity contribution is -0.116. The third-order valence-corrected chi connectivity index (χ3v) is 3.92. The number of piperazine rings is 1. The molecule has 1 aromatic carbocycles. The molecule has 2 aliphatic rings. The highest BCUT2D eigenvalue weighted by atomic mass is 16.1. The summed E-state index contributed by atoms with van der Waals surface area (Å²) in [5.41, 5.74) is 2.12. The number of likely N-dealkylation sites (N-methyl/N-ethyl adjacent to an activating group) is 1. The van der Waals surface area contributed by atoms with Gasteiger partial charge in [0.05, 0.1) is 17.4 Å². The first kappa shape index (κ1) is 11.5. The molecule has 0 bridgehead atoms. The average molecular weight is 245 g/mol. The molecule has 2 aliphatic heterocycles. The van der Waals surface area contributed by atoms with Crippen molar-refractivity contribution in [3.05, 3.63) is 24.3 Å². The fourth-order valence-corrected chi connectivity index (χ4v) is 2.94. The minimum Gasteiger partial charge on any atom is -0.364 e. The molecule has 1 aromatic rings. The third kappa shape index (κ3) is 1.97. The van der Waals surface area contributed by atoms with Crippen molar-refractivity contribution >= 4 is 17.3 Å². The molecule has 18 heavy (non-hydrogen) atoms. The van der Waals surface area contributed by atoms with Gasteiger partial charge in [0.25, 0.3) is 0 Å². The fourth-order valence-electron chi connectivity index (χ4n) is 2.94. The number of nitrogens with one attached hydrogen (secondary N) is 1. The molecule has 4 nitrogen and oxygen atoms in total. The predicted molar refractivity (Wildman–Crippen MR) is 72.9 cm³/mol. The first-order valence-electron chi connectivity index (χ1n) is 6.66. The van der Waals surface area contributed by atoms with E-state index in [0.717, 1.165) is 31.9 Å². The Morgan fingerprint density at radius 2 is 2.17 bits per heavy atom. The van der Waals surface area contributed by atoms with Crippen LogP contribution in [-0.2, 0) is 4.79 Å². The van der Waals surface area contributed by atoms with Gasteiger partial charge in [0.2, 0.25) is 5.91 Å². The van der Waals surface area contributed by atoms with E-state index in [2.05, 4.69) is 28.1 Å². The van der Waals surface area contributed by atoms with Gasteiger partial charge in [-0.15, -0.1) is 0 Å². The Bertz CT molecular complexity index is 460. The van der Waals surface area contributed by atoms with E-state index in [4.69, 9.17) is 0 Å². The molecule has 3 rings (SSSR count). The van der Waals surface area contributed by atoms with Crippen molar-refractivity contribution in [2.75, 3.05) is 36.4 Å². The summed E-state index contributed by atoms with van der Waals surface area (Å²) < 4.78 is 0. The molecule has 1 amide bonds. The van der Waals surface area contributed by atoms with Gasteiger partial charge >= 0.3 is 0 Å². The molecule has 1 atom stereocenters. The first-order chi connectivity index (χ1) is 8.78. The van der Waals surface area contributed by atoms with Gasteiger partial charge < -0.3 is 10.2 Å². The van der Waals surface area contributed by atoms with Gasteiger partial charge in [-0.2, -0.15) is 0 Å². The number of para-hydroxylation sites is 2. The first-order valence-corrected chi connectivity index (χ1v) is 6.66. The number of anilines is 2. The molecule has 1 fully saturated rings. The Labute approximate surface area is 108 Å². The lowest BCUT2D eigenvalue weighted by atomic mass is 10.1. The highest BCUT2D eigenvalue weighted by Gasteiger charge is 2.32. The van der Waals surface area contributed by atoms with Crippen LogP contribution in [0.5, 0.6) is 0 Å². The summed E-state index contributed by atoms with van der Waals surface area (Å²) in [5, 5.41) is 3.01. The number of carbonyl (C=O) groups is 1. The number of carbonyl (C=O) groups excluding carboxylic acids is 1. The quantitative estimate of drug-likeness (QED) is 0.815. The van der Waals surface area contributed by atoms with E-state index >= 15 is 0 Å². The van der Waals surface area contributed by atoms with Gasteiger partial charge in [-0.05, 0) is 18.7 Å². The lowest BCUT2D eigenvalue weighted by Gasteiger charge is -2.41. The molecule has 0 saturated carbocycles. The van der Waals surface area contributed by atoms with Gasteiger partial charge in [0.1, 0.15) is 0 Å².